The minimum atomic E-state index is 0.573. The Labute approximate surface area is 108 Å². The van der Waals surface area contributed by atoms with Crippen LogP contribution in [0.2, 0.25) is 0 Å². The van der Waals surface area contributed by atoms with Crippen molar-refractivity contribution in [1.82, 2.24) is 24.8 Å². The zero-order valence-corrected chi connectivity index (χ0v) is 10.2. The molecule has 0 atom stereocenters. The highest BCUT2D eigenvalue weighted by Crippen LogP contribution is 2.21. The average Bonchev–Trinajstić information content (AvgIpc) is 3.06. The molecule has 0 spiro atoms. The van der Waals surface area contributed by atoms with Gasteiger partial charge in [0.15, 0.2) is 0 Å². The van der Waals surface area contributed by atoms with E-state index in [1.54, 1.807) is 16.4 Å². The first-order valence-electron chi connectivity index (χ1n) is 5.24. The Bertz CT molecular complexity index is 712. The molecule has 2 N–H and O–H groups in total. The van der Waals surface area contributed by atoms with E-state index >= 15 is 0 Å². The van der Waals surface area contributed by atoms with Gasteiger partial charge in [-0.1, -0.05) is 0 Å². The van der Waals surface area contributed by atoms with Gasteiger partial charge in [0.25, 0.3) is 0 Å². The summed E-state index contributed by atoms with van der Waals surface area (Å²) in [7, 11) is 0. The molecule has 0 saturated carbocycles. The number of thiol groups is 1. The third kappa shape index (κ3) is 1.65. The Balaban J connectivity index is 2.16. The van der Waals surface area contributed by atoms with Crippen LogP contribution in [0.5, 0.6) is 0 Å². The van der Waals surface area contributed by atoms with Gasteiger partial charge in [0.1, 0.15) is 12.1 Å². The summed E-state index contributed by atoms with van der Waals surface area (Å²) in [6.45, 7) is 0. The molecule has 0 radical (unpaired) electrons. The fourth-order valence-electron chi connectivity index (χ4n) is 1.84. The molecule has 0 saturated heterocycles. The molecule has 0 fully saturated rings. The molecule has 0 aliphatic carbocycles. The van der Waals surface area contributed by atoms with E-state index in [1.165, 1.54) is 0 Å². The first-order valence-corrected chi connectivity index (χ1v) is 5.76. The number of hydrogen-bond acceptors (Lipinski definition) is 5. The van der Waals surface area contributed by atoms with Crippen LogP contribution in [0.3, 0.4) is 0 Å². The molecule has 2 aromatic heterocycles. The van der Waals surface area contributed by atoms with E-state index in [-0.39, 0.29) is 0 Å². The van der Waals surface area contributed by atoms with Crippen molar-refractivity contribution >= 4 is 29.4 Å². The number of tetrazole rings is 1. The van der Waals surface area contributed by atoms with Gasteiger partial charge >= 0.3 is 0 Å². The molecule has 1 aromatic carbocycles. The normalized spacial score (nSPS) is 12.2. The number of fused-ring (bicyclic) bond motifs is 1. The van der Waals surface area contributed by atoms with Crippen molar-refractivity contribution < 1.29 is 0 Å². The van der Waals surface area contributed by atoms with Crippen LogP contribution in [0.4, 0.5) is 0 Å². The number of nitrogens with zero attached hydrogens (tertiary/aromatic N) is 5. The Morgan fingerprint density at radius 3 is 2.94 bits per heavy atom. The van der Waals surface area contributed by atoms with Gasteiger partial charge in [0.05, 0.1) is 11.2 Å². The fourth-order valence-corrected chi connectivity index (χ4v) is 1.96. The topological polar surface area (TPSA) is 74.5 Å². The van der Waals surface area contributed by atoms with Gasteiger partial charge in [-0.15, -0.1) is 17.7 Å². The molecule has 18 heavy (non-hydrogen) atoms. The van der Waals surface area contributed by atoms with Crippen molar-refractivity contribution in [1.29, 1.82) is 0 Å². The summed E-state index contributed by atoms with van der Waals surface area (Å²) in [5, 5.41) is 13.7. The van der Waals surface area contributed by atoms with E-state index in [1.807, 2.05) is 35.0 Å². The van der Waals surface area contributed by atoms with E-state index < -0.39 is 0 Å². The van der Waals surface area contributed by atoms with Gasteiger partial charge in [-0.2, -0.15) is 0 Å². The predicted octanol–water partition coefficient (Wildman–Crippen LogP) is 1.26. The molecule has 2 heterocycles. The van der Waals surface area contributed by atoms with Crippen LogP contribution in [0, 0.1) is 0 Å². The molecule has 3 rings (SSSR count). The molecule has 0 aliphatic rings. The summed E-state index contributed by atoms with van der Waals surface area (Å²) in [5.41, 5.74) is 7.76. The van der Waals surface area contributed by atoms with E-state index in [2.05, 4.69) is 28.2 Å². The van der Waals surface area contributed by atoms with E-state index in [0.717, 1.165) is 16.6 Å². The van der Waals surface area contributed by atoms with Crippen LogP contribution in [0.15, 0.2) is 42.2 Å². The maximum absolute atomic E-state index is 5.85. The Hall–Kier alpha value is -2.28. The van der Waals surface area contributed by atoms with E-state index in [4.69, 9.17) is 5.73 Å². The van der Waals surface area contributed by atoms with Crippen molar-refractivity contribution in [3.63, 3.8) is 0 Å². The number of rotatable bonds is 2. The molecule has 3 aromatic rings. The zero-order valence-electron chi connectivity index (χ0n) is 9.30. The van der Waals surface area contributed by atoms with Crippen molar-refractivity contribution in [2.45, 2.75) is 0 Å². The largest absolute Gasteiger partial charge is 0.384 e. The quantitative estimate of drug-likeness (QED) is 0.679. The molecule has 0 unspecified atom stereocenters. The highest BCUT2D eigenvalue weighted by molar-refractivity contribution is 7.83. The third-order valence-corrected chi connectivity index (χ3v) is 2.96. The Morgan fingerprint density at radius 2 is 2.22 bits per heavy atom. The van der Waals surface area contributed by atoms with E-state index in [9.17, 15) is 0 Å². The van der Waals surface area contributed by atoms with Crippen LogP contribution in [-0.2, 0) is 0 Å². The number of nitrogens with two attached hydrogens (primary N) is 1. The van der Waals surface area contributed by atoms with Gasteiger partial charge in [-0.25, -0.2) is 4.68 Å². The van der Waals surface area contributed by atoms with Crippen LogP contribution in [0.25, 0.3) is 22.4 Å². The lowest BCUT2D eigenvalue weighted by atomic mass is 10.2. The van der Waals surface area contributed by atoms with Crippen molar-refractivity contribution in [3.05, 3.63) is 42.2 Å². The van der Waals surface area contributed by atoms with Gasteiger partial charge in [0.2, 0.25) is 0 Å². The lowest BCUT2D eigenvalue weighted by Crippen LogP contribution is -2.03. The van der Waals surface area contributed by atoms with Crippen LogP contribution < -0.4 is 5.73 Å². The van der Waals surface area contributed by atoms with Gasteiger partial charge in [-0.05, 0) is 34.7 Å². The summed E-state index contributed by atoms with van der Waals surface area (Å²) < 4.78 is 3.47. The van der Waals surface area contributed by atoms with Crippen LogP contribution >= 0.6 is 12.6 Å². The molecular formula is C11H10N6S. The molecular weight excluding hydrogens is 248 g/mol. The fraction of sp³-hybridized carbons (Fsp3) is 0. The summed E-state index contributed by atoms with van der Waals surface area (Å²) in [6, 6.07) is 7.87. The Morgan fingerprint density at radius 1 is 1.33 bits per heavy atom. The first kappa shape index (κ1) is 10.8. The molecule has 90 valence electrons. The second-order valence-corrected chi connectivity index (χ2v) is 4.00. The predicted molar refractivity (Wildman–Crippen MR) is 72.1 cm³/mol. The lowest BCUT2D eigenvalue weighted by Gasteiger charge is -2.05. The standard InChI is InChI=1S/C11H10N6S/c12-11(6-18)16-4-3-8-5-9(1-2-10(8)16)17-7-13-14-15-17/h1-7,18H,12H2/b11-6+. The monoisotopic (exact) mass is 258 g/mol. The molecule has 0 bridgehead atoms. The van der Waals surface area contributed by atoms with Crippen molar-refractivity contribution in [3.8, 4) is 5.69 Å². The highest BCUT2D eigenvalue weighted by atomic mass is 32.1. The summed E-state index contributed by atoms with van der Waals surface area (Å²) in [4.78, 5) is 0. The van der Waals surface area contributed by atoms with Gasteiger partial charge in [-0.3, -0.25) is 0 Å². The molecule has 0 aliphatic heterocycles. The second-order valence-electron chi connectivity index (χ2n) is 3.74. The maximum Gasteiger partial charge on any atom is 0.143 e. The average molecular weight is 258 g/mol. The minimum Gasteiger partial charge on any atom is -0.384 e. The van der Waals surface area contributed by atoms with Gasteiger partial charge < -0.3 is 10.3 Å². The van der Waals surface area contributed by atoms with Gasteiger partial charge in [0, 0.05) is 17.0 Å². The maximum atomic E-state index is 5.85. The van der Waals surface area contributed by atoms with Crippen molar-refractivity contribution in [2.75, 3.05) is 0 Å². The second kappa shape index (κ2) is 4.19. The summed E-state index contributed by atoms with van der Waals surface area (Å²) in [5.74, 6) is 0.573. The SMILES string of the molecule is N/C(=C\S)n1ccc2cc(-n3cnnn3)ccc21. The number of benzene rings is 1. The zero-order chi connectivity index (χ0) is 12.5. The summed E-state index contributed by atoms with van der Waals surface area (Å²) in [6.07, 6.45) is 3.45. The van der Waals surface area contributed by atoms with Crippen LogP contribution in [0.1, 0.15) is 0 Å². The molecule has 7 heteroatoms. The minimum absolute atomic E-state index is 0.573. The smallest absolute Gasteiger partial charge is 0.143 e. The molecule has 0 amide bonds. The lowest BCUT2D eigenvalue weighted by molar-refractivity contribution is 0.790. The van der Waals surface area contributed by atoms with Crippen molar-refractivity contribution in [2.24, 2.45) is 5.73 Å². The van der Waals surface area contributed by atoms with Crippen LogP contribution in [-0.4, -0.2) is 24.8 Å². The first-order chi connectivity index (χ1) is 8.79. The summed E-state index contributed by atoms with van der Waals surface area (Å²) >= 11 is 4.06. The number of hydrogen-bond donors (Lipinski definition) is 2. The highest BCUT2D eigenvalue weighted by Gasteiger charge is 2.05. The molecule has 6 nitrogen and oxygen atoms in total. The number of aromatic nitrogens is 5. The Kier molecular flexibility index (Phi) is 2.52. The third-order valence-electron chi connectivity index (χ3n) is 2.70. The van der Waals surface area contributed by atoms with E-state index in [0.29, 0.717) is 5.82 Å².